The minimum absolute atomic E-state index is 0.154. The first kappa shape index (κ1) is 11.5. The number of aliphatic hydroxyl groups is 1. The Morgan fingerprint density at radius 1 is 1.29 bits per heavy atom. The van der Waals surface area contributed by atoms with E-state index in [1.165, 1.54) is 18.2 Å². The summed E-state index contributed by atoms with van der Waals surface area (Å²) in [5, 5.41) is 34.2. The van der Waals surface area contributed by atoms with Gasteiger partial charge in [0.25, 0.3) is 0 Å². The summed E-state index contributed by atoms with van der Waals surface area (Å²) in [6, 6.07) is 4.40. The van der Waals surface area contributed by atoms with Crippen LogP contribution in [0.1, 0.15) is 6.92 Å². The van der Waals surface area contributed by atoms with Crippen LogP contribution in [0.2, 0.25) is 0 Å². The molecule has 0 bridgehead atoms. The second kappa shape index (κ2) is 6.05. The van der Waals surface area contributed by atoms with E-state index in [0.717, 1.165) is 0 Å². The molecule has 0 aromatic carbocycles. The van der Waals surface area contributed by atoms with Crippen molar-refractivity contribution in [1.29, 1.82) is 15.8 Å². The molecule has 0 aromatic rings. The fourth-order valence-corrected chi connectivity index (χ4v) is 0.513. The van der Waals surface area contributed by atoms with Crippen LogP contribution in [-0.4, -0.2) is 17.4 Å². The predicted octanol–water partition coefficient (Wildman–Crippen LogP) is 0.762. The number of hydrogen-bond donors (Lipinski definition) is 1. The molecule has 0 amide bonds. The summed E-state index contributed by atoms with van der Waals surface area (Å²) < 4.78 is 4.57. The predicted molar refractivity (Wildman–Crippen MR) is 45.6 cm³/mol. The zero-order valence-corrected chi connectivity index (χ0v) is 7.35. The fourth-order valence-electron chi connectivity index (χ4n) is 0.513. The molecule has 6 nitrogen and oxygen atoms in total. The van der Waals surface area contributed by atoms with Crippen molar-refractivity contribution >= 4 is 5.71 Å². The molecule has 0 fully saturated rings. The highest BCUT2D eigenvalue weighted by Gasteiger charge is 2.06. The van der Waals surface area contributed by atoms with Gasteiger partial charge >= 0.3 is 5.95 Å². The highest BCUT2D eigenvalue weighted by molar-refractivity contribution is 6.10. The van der Waals surface area contributed by atoms with E-state index in [1.807, 2.05) is 0 Å². The highest BCUT2D eigenvalue weighted by Crippen LogP contribution is 2.03. The molecule has 6 heteroatoms. The van der Waals surface area contributed by atoms with E-state index in [0.29, 0.717) is 0 Å². The Labute approximate surface area is 80.6 Å². The van der Waals surface area contributed by atoms with Crippen LogP contribution >= 0.6 is 0 Å². The Morgan fingerprint density at radius 2 is 1.86 bits per heavy atom. The van der Waals surface area contributed by atoms with Crippen LogP contribution in [-0.2, 0) is 4.74 Å². The number of allylic oxidation sites excluding steroid dienone is 1. The first-order valence-electron chi connectivity index (χ1n) is 3.54. The molecule has 0 rings (SSSR count). The quantitative estimate of drug-likeness (QED) is 0.401. The SMILES string of the molecule is CCO/C(O)=C(\C#N)N=C(C#N)C#N. The minimum Gasteiger partial charge on any atom is -0.479 e. The molecule has 0 saturated heterocycles. The summed E-state index contributed by atoms with van der Waals surface area (Å²) in [6.45, 7) is 1.76. The molecule has 0 heterocycles. The number of nitrogens with zero attached hydrogens (tertiary/aromatic N) is 4. The second-order valence-electron chi connectivity index (χ2n) is 1.88. The zero-order chi connectivity index (χ0) is 11.0. The molecule has 14 heavy (non-hydrogen) atoms. The van der Waals surface area contributed by atoms with Gasteiger partial charge in [-0.25, -0.2) is 4.99 Å². The maximum atomic E-state index is 9.06. The number of ether oxygens (including phenoxy) is 1. The molecular formula is C8H6N4O2. The van der Waals surface area contributed by atoms with Gasteiger partial charge in [0.05, 0.1) is 6.61 Å². The standard InChI is InChI=1S/C8H6N4O2/c1-2-14-8(13)7(5-11)12-6(3-9)4-10/h13H,2H2,1H3/b8-7+. The van der Waals surface area contributed by atoms with Gasteiger partial charge in [0, 0.05) is 0 Å². The molecule has 0 atom stereocenters. The summed E-state index contributed by atoms with van der Waals surface area (Å²) in [6.07, 6.45) is 0. The van der Waals surface area contributed by atoms with Gasteiger partial charge in [0.15, 0.2) is 0 Å². The molecule has 1 N–H and O–H groups in total. The summed E-state index contributed by atoms with van der Waals surface area (Å²) in [5.41, 5.74) is -1.02. The topological polar surface area (TPSA) is 113 Å². The maximum Gasteiger partial charge on any atom is 0.315 e. The molecule has 0 spiro atoms. The van der Waals surface area contributed by atoms with Crippen LogP contribution in [0.25, 0.3) is 0 Å². The third-order valence-electron chi connectivity index (χ3n) is 1.02. The molecule has 0 aliphatic rings. The molecule has 0 radical (unpaired) electrons. The largest absolute Gasteiger partial charge is 0.479 e. The first-order chi connectivity index (χ1) is 6.69. The van der Waals surface area contributed by atoms with Crippen molar-refractivity contribution in [2.24, 2.45) is 4.99 Å². The van der Waals surface area contributed by atoms with E-state index in [-0.39, 0.29) is 6.61 Å². The number of aliphatic imine (C=N–C) groups is 1. The Morgan fingerprint density at radius 3 is 2.21 bits per heavy atom. The lowest BCUT2D eigenvalue weighted by Crippen LogP contribution is -1.97. The second-order valence-corrected chi connectivity index (χ2v) is 1.88. The monoisotopic (exact) mass is 190 g/mol. The van der Waals surface area contributed by atoms with Crippen LogP contribution < -0.4 is 0 Å². The number of aliphatic hydroxyl groups excluding tert-OH is 1. The molecule has 0 saturated carbocycles. The van der Waals surface area contributed by atoms with Crippen molar-refractivity contribution in [1.82, 2.24) is 0 Å². The summed E-state index contributed by atoms with van der Waals surface area (Å²) in [7, 11) is 0. The third-order valence-corrected chi connectivity index (χ3v) is 1.02. The molecular weight excluding hydrogens is 184 g/mol. The van der Waals surface area contributed by atoms with E-state index in [2.05, 4.69) is 9.73 Å². The van der Waals surface area contributed by atoms with Gasteiger partial charge in [-0.2, -0.15) is 15.8 Å². The van der Waals surface area contributed by atoms with E-state index in [4.69, 9.17) is 20.9 Å². The molecule has 0 aliphatic carbocycles. The van der Waals surface area contributed by atoms with Crippen molar-refractivity contribution in [3.8, 4) is 18.2 Å². The van der Waals surface area contributed by atoms with Gasteiger partial charge in [-0.1, -0.05) is 0 Å². The van der Waals surface area contributed by atoms with E-state index in [1.54, 1.807) is 6.92 Å². The van der Waals surface area contributed by atoms with Gasteiger partial charge < -0.3 is 9.84 Å². The minimum atomic E-state index is -0.696. The average molecular weight is 190 g/mol. The Balaban J connectivity index is 5.07. The zero-order valence-electron chi connectivity index (χ0n) is 7.35. The normalized spacial score (nSPS) is 9.86. The third kappa shape index (κ3) is 3.25. The number of hydrogen-bond acceptors (Lipinski definition) is 6. The van der Waals surface area contributed by atoms with Crippen molar-refractivity contribution in [3.05, 3.63) is 11.6 Å². The Bertz CT molecular complexity index is 373. The van der Waals surface area contributed by atoms with Crippen LogP contribution in [0, 0.1) is 34.0 Å². The lowest BCUT2D eigenvalue weighted by Gasteiger charge is -1.99. The smallest absolute Gasteiger partial charge is 0.315 e. The maximum absolute atomic E-state index is 9.06. The Hall–Kier alpha value is -2.52. The van der Waals surface area contributed by atoms with Crippen LogP contribution in [0.4, 0.5) is 0 Å². The number of rotatable bonds is 3. The molecule has 70 valence electrons. The van der Waals surface area contributed by atoms with Crippen LogP contribution in [0.15, 0.2) is 16.6 Å². The molecule has 0 unspecified atom stereocenters. The van der Waals surface area contributed by atoms with Crippen molar-refractivity contribution < 1.29 is 9.84 Å². The summed E-state index contributed by atoms with van der Waals surface area (Å²) in [5.74, 6) is -0.696. The Kier molecular flexibility index (Phi) is 4.96. The van der Waals surface area contributed by atoms with Gasteiger partial charge in [-0.3, -0.25) is 0 Å². The van der Waals surface area contributed by atoms with Gasteiger partial charge in [-0.15, -0.1) is 0 Å². The molecule has 0 aliphatic heterocycles. The van der Waals surface area contributed by atoms with Crippen molar-refractivity contribution in [2.75, 3.05) is 6.61 Å². The summed E-state index contributed by atoms with van der Waals surface area (Å²) in [4.78, 5) is 3.29. The first-order valence-corrected chi connectivity index (χ1v) is 3.54. The van der Waals surface area contributed by atoms with E-state index in [9.17, 15) is 0 Å². The summed E-state index contributed by atoms with van der Waals surface area (Å²) >= 11 is 0. The molecule has 0 aromatic heterocycles. The van der Waals surface area contributed by atoms with Gasteiger partial charge in [-0.05, 0) is 6.92 Å². The highest BCUT2D eigenvalue weighted by atomic mass is 16.6. The van der Waals surface area contributed by atoms with Gasteiger partial charge in [0.2, 0.25) is 11.4 Å². The van der Waals surface area contributed by atoms with Crippen LogP contribution in [0.3, 0.4) is 0 Å². The number of nitriles is 3. The lowest BCUT2D eigenvalue weighted by molar-refractivity contribution is 0.0990. The van der Waals surface area contributed by atoms with Gasteiger partial charge in [0.1, 0.15) is 18.2 Å². The van der Waals surface area contributed by atoms with E-state index < -0.39 is 17.4 Å². The lowest BCUT2D eigenvalue weighted by atomic mass is 10.4. The average Bonchev–Trinajstić information content (AvgIpc) is 2.20. The van der Waals surface area contributed by atoms with Crippen molar-refractivity contribution in [2.45, 2.75) is 6.92 Å². The van der Waals surface area contributed by atoms with E-state index >= 15 is 0 Å². The van der Waals surface area contributed by atoms with Crippen LogP contribution in [0.5, 0.6) is 0 Å². The van der Waals surface area contributed by atoms with Crippen molar-refractivity contribution in [3.63, 3.8) is 0 Å². The fraction of sp³-hybridized carbons (Fsp3) is 0.250.